The van der Waals surface area contributed by atoms with Crippen LogP contribution < -0.4 is 0 Å². The summed E-state index contributed by atoms with van der Waals surface area (Å²) in [4.78, 5) is 17.9. The van der Waals surface area contributed by atoms with E-state index < -0.39 is 0 Å². The van der Waals surface area contributed by atoms with E-state index in [2.05, 4.69) is 46.0 Å². The van der Waals surface area contributed by atoms with Gasteiger partial charge in [-0.2, -0.15) is 0 Å². The lowest BCUT2D eigenvalue weighted by atomic mass is 10.1. The molecule has 3 heterocycles. The van der Waals surface area contributed by atoms with Gasteiger partial charge in [-0.05, 0) is 51.2 Å². The minimum Gasteiger partial charge on any atom is -0.304 e. The molecule has 0 bridgehead atoms. The lowest BCUT2D eigenvalue weighted by Crippen LogP contribution is -2.24. The molecule has 22 heavy (non-hydrogen) atoms. The molecule has 1 fully saturated rings. The van der Waals surface area contributed by atoms with Gasteiger partial charge in [0.25, 0.3) is 0 Å². The molecule has 3 rings (SSSR count). The number of rotatable bonds is 5. The summed E-state index contributed by atoms with van der Waals surface area (Å²) in [5.41, 5.74) is 3.45. The summed E-state index contributed by atoms with van der Waals surface area (Å²) in [6.07, 6.45) is 9.89. The molecule has 5 nitrogen and oxygen atoms in total. The Kier molecular flexibility index (Phi) is 4.75. The molecular weight excluding hydrogens is 274 g/mol. The Labute approximate surface area is 132 Å². The zero-order chi connectivity index (χ0) is 15.4. The lowest BCUT2D eigenvalue weighted by molar-refractivity contribution is 0.243. The van der Waals surface area contributed by atoms with Crippen LogP contribution in [0.1, 0.15) is 35.8 Å². The second kappa shape index (κ2) is 6.94. The lowest BCUT2D eigenvalue weighted by Gasteiger charge is -2.24. The van der Waals surface area contributed by atoms with Gasteiger partial charge in [0.05, 0.1) is 17.4 Å². The van der Waals surface area contributed by atoms with Gasteiger partial charge in [-0.25, -0.2) is 0 Å². The van der Waals surface area contributed by atoms with E-state index in [0.29, 0.717) is 6.04 Å². The minimum atomic E-state index is 0.378. The molecule has 116 valence electrons. The average molecular weight is 297 g/mol. The standard InChI is InChI=1S/C17H23N5/c1-21(2)13-15-10-19-11-16(20-15)17-4-3-9-22(17)12-14-5-7-18-8-6-14/h5-8,10-11,17H,3-4,9,12-13H2,1-2H3/t17-/m0/s1. The van der Waals surface area contributed by atoms with Crippen molar-refractivity contribution < 1.29 is 0 Å². The molecule has 0 unspecified atom stereocenters. The predicted molar refractivity (Wildman–Crippen MR) is 86.0 cm³/mol. The van der Waals surface area contributed by atoms with Gasteiger partial charge in [-0.1, -0.05) is 0 Å². The normalized spacial score (nSPS) is 19.0. The minimum absolute atomic E-state index is 0.378. The van der Waals surface area contributed by atoms with Crippen molar-refractivity contribution in [3.63, 3.8) is 0 Å². The van der Waals surface area contributed by atoms with Gasteiger partial charge in [0.2, 0.25) is 0 Å². The van der Waals surface area contributed by atoms with Crippen molar-refractivity contribution in [2.45, 2.75) is 32.0 Å². The fraction of sp³-hybridized carbons (Fsp3) is 0.471. The molecular formula is C17H23N5. The van der Waals surface area contributed by atoms with Crippen LogP contribution in [0.25, 0.3) is 0 Å². The fourth-order valence-corrected chi connectivity index (χ4v) is 3.06. The SMILES string of the molecule is CN(C)Cc1cncc([C@@H]2CCCN2Cc2ccncc2)n1. The zero-order valence-corrected chi connectivity index (χ0v) is 13.3. The summed E-state index contributed by atoms with van der Waals surface area (Å²) < 4.78 is 0. The van der Waals surface area contributed by atoms with Gasteiger partial charge < -0.3 is 4.90 Å². The van der Waals surface area contributed by atoms with Gasteiger partial charge in [-0.3, -0.25) is 19.9 Å². The number of hydrogen-bond acceptors (Lipinski definition) is 5. The van der Waals surface area contributed by atoms with Crippen LogP contribution in [0.2, 0.25) is 0 Å². The molecule has 2 aromatic rings. The highest BCUT2D eigenvalue weighted by Gasteiger charge is 2.27. The van der Waals surface area contributed by atoms with Crippen LogP contribution in [0, 0.1) is 0 Å². The van der Waals surface area contributed by atoms with Crippen LogP contribution >= 0.6 is 0 Å². The number of aromatic nitrogens is 3. The monoisotopic (exact) mass is 297 g/mol. The van der Waals surface area contributed by atoms with Gasteiger partial charge >= 0.3 is 0 Å². The maximum absolute atomic E-state index is 4.83. The third-order valence-electron chi connectivity index (χ3n) is 4.02. The molecule has 0 amide bonds. The smallest absolute Gasteiger partial charge is 0.0762 e. The first-order valence-corrected chi connectivity index (χ1v) is 7.81. The molecule has 0 aromatic carbocycles. The van der Waals surface area contributed by atoms with Crippen LogP contribution in [0.4, 0.5) is 0 Å². The van der Waals surface area contributed by atoms with Crippen molar-refractivity contribution in [1.82, 2.24) is 24.8 Å². The largest absolute Gasteiger partial charge is 0.304 e. The molecule has 5 heteroatoms. The third kappa shape index (κ3) is 3.67. The molecule has 2 aromatic heterocycles. The highest BCUT2D eigenvalue weighted by atomic mass is 15.2. The first-order valence-electron chi connectivity index (χ1n) is 7.81. The molecule has 0 saturated carbocycles. The number of hydrogen-bond donors (Lipinski definition) is 0. The third-order valence-corrected chi connectivity index (χ3v) is 4.02. The summed E-state index contributed by atoms with van der Waals surface area (Å²) in [6.45, 7) is 2.90. The highest BCUT2D eigenvalue weighted by molar-refractivity contribution is 5.13. The average Bonchev–Trinajstić information content (AvgIpc) is 2.96. The first-order chi connectivity index (χ1) is 10.7. The maximum Gasteiger partial charge on any atom is 0.0762 e. The van der Waals surface area contributed by atoms with E-state index >= 15 is 0 Å². The molecule has 1 atom stereocenters. The molecule has 0 radical (unpaired) electrons. The van der Waals surface area contributed by atoms with Crippen molar-refractivity contribution in [1.29, 1.82) is 0 Å². The van der Waals surface area contributed by atoms with E-state index in [9.17, 15) is 0 Å². The molecule has 1 saturated heterocycles. The van der Waals surface area contributed by atoms with E-state index in [1.54, 1.807) is 0 Å². The van der Waals surface area contributed by atoms with Crippen LogP contribution in [-0.4, -0.2) is 45.4 Å². The molecule has 0 N–H and O–H groups in total. The molecule has 1 aliphatic heterocycles. The van der Waals surface area contributed by atoms with Crippen LogP contribution in [0.3, 0.4) is 0 Å². The fourth-order valence-electron chi connectivity index (χ4n) is 3.06. The maximum atomic E-state index is 4.83. The van der Waals surface area contributed by atoms with E-state index in [1.165, 1.54) is 12.0 Å². The van der Waals surface area contributed by atoms with Crippen molar-refractivity contribution in [3.8, 4) is 0 Å². The summed E-state index contributed by atoms with van der Waals surface area (Å²) in [7, 11) is 4.11. The first kappa shape index (κ1) is 15.1. The van der Waals surface area contributed by atoms with Gasteiger partial charge in [0, 0.05) is 37.9 Å². The van der Waals surface area contributed by atoms with Gasteiger partial charge in [-0.15, -0.1) is 0 Å². The van der Waals surface area contributed by atoms with Gasteiger partial charge in [0.1, 0.15) is 0 Å². The topological polar surface area (TPSA) is 45.2 Å². The van der Waals surface area contributed by atoms with Crippen LogP contribution in [0.5, 0.6) is 0 Å². The molecule has 0 aliphatic carbocycles. The van der Waals surface area contributed by atoms with Crippen molar-refractivity contribution >= 4 is 0 Å². The van der Waals surface area contributed by atoms with E-state index in [0.717, 1.165) is 37.4 Å². The Hall–Kier alpha value is -1.85. The van der Waals surface area contributed by atoms with Crippen LogP contribution in [-0.2, 0) is 13.1 Å². The number of likely N-dealkylation sites (tertiary alicyclic amines) is 1. The number of pyridine rings is 1. The Bertz CT molecular complexity index is 599. The highest BCUT2D eigenvalue weighted by Crippen LogP contribution is 2.31. The zero-order valence-electron chi connectivity index (χ0n) is 13.3. The van der Waals surface area contributed by atoms with E-state index in [-0.39, 0.29) is 0 Å². The Morgan fingerprint density at radius 1 is 1.18 bits per heavy atom. The second-order valence-corrected chi connectivity index (χ2v) is 6.16. The summed E-state index contributed by atoms with van der Waals surface area (Å²) in [5, 5.41) is 0. The summed E-state index contributed by atoms with van der Waals surface area (Å²) in [6, 6.07) is 4.55. The molecule has 1 aliphatic rings. The van der Waals surface area contributed by atoms with E-state index in [4.69, 9.17) is 4.98 Å². The summed E-state index contributed by atoms with van der Waals surface area (Å²) in [5.74, 6) is 0. The Morgan fingerprint density at radius 2 is 2.00 bits per heavy atom. The van der Waals surface area contributed by atoms with Crippen molar-refractivity contribution in [2.75, 3.05) is 20.6 Å². The Morgan fingerprint density at radius 3 is 2.77 bits per heavy atom. The van der Waals surface area contributed by atoms with Gasteiger partial charge in [0.15, 0.2) is 0 Å². The summed E-state index contributed by atoms with van der Waals surface area (Å²) >= 11 is 0. The quantitative estimate of drug-likeness (QED) is 0.847. The Balaban J connectivity index is 1.75. The molecule has 0 spiro atoms. The van der Waals surface area contributed by atoms with Crippen molar-refractivity contribution in [2.24, 2.45) is 0 Å². The van der Waals surface area contributed by atoms with Crippen LogP contribution in [0.15, 0.2) is 36.9 Å². The second-order valence-electron chi connectivity index (χ2n) is 6.16. The van der Waals surface area contributed by atoms with E-state index in [1.807, 2.05) is 24.8 Å². The number of nitrogens with zero attached hydrogens (tertiary/aromatic N) is 5. The van der Waals surface area contributed by atoms with Crippen molar-refractivity contribution in [3.05, 3.63) is 53.9 Å². The predicted octanol–water partition coefficient (Wildman–Crippen LogP) is 2.27.